The average molecular weight is 455 g/mol. The predicted molar refractivity (Wildman–Crippen MR) is 123 cm³/mol. The summed E-state index contributed by atoms with van der Waals surface area (Å²) in [6.45, 7) is 2.13. The molecule has 1 aliphatic carbocycles. The Hall–Kier alpha value is -2.65. The molecule has 31 heavy (non-hydrogen) atoms. The second-order valence-corrected chi connectivity index (χ2v) is 9.46. The van der Waals surface area contributed by atoms with Crippen LogP contribution >= 0.6 is 23.1 Å². The Morgan fingerprint density at radius 1 is 1.16 bits per heavy atom. The van der Waals surface area contributed by atoms with E-state index in [1.54, 1.807) is 22.8 Å². The quantitative estimate of drug-likeness (QED) is 0.257. The van der Waals surface area contributed by atoms with Crippen LogP contribution in [0.15, 0.2) is 40.3 Å². The van der Waals surface area contributed by atoms with E-state index in [0.717, 1.165) is 41.6 Å². The fourth-order valence-electron chi connectivity index (χ4n) is 4.12. The number of rotatable bonds is 5. The molecule has 0 unspecified atom stereocenters. The zero-order chi connectivity index (χ0) is 21.4. The minimum absolute atomic E-state index is 0.0533. The number of thioether (sulfide) groups is 1. The molecule has 0 amide bonds. The minimum atomic E-state index is -0.293. The van der Waals surface area contributed by atoms with E-state index in [4.69, 9.17) is 4.74 Å². The third-order valence-electron chi connectivity index (χ3n) is 5.48. The van der Waals surface area contributed by atoms with Gasteiger partial charge in [0.05, 0.1) is 23.4 Å². The van der Waals surface area contributed by atoms with Crippen LogP contribution in [-0.2, 0) is 22.4 Å². The van der Waals surface area contributed by atoms with Crippen LogP contribution in [-0.4, -0.2) is 37.5 Å². The summed E-state index contributed by atoms with van der Waals surface area (Å²) in [5, 5.41) is 10.1. The molecular weight excluding hydrogens is 432 g/mol. The number of esters is 1. The molecule has 4 aromatic rings. The van der Waals surface area contributed by atoms with Gasteiger partial charge in [0.15, 0.2) is 5.16 Å². The van der Waals surface area contributed by atoms with Crippen LogP contribution in [0.1, 0.15) is 36.6 Å². The van der Waals surface area contributed by atoms with E-state index < -0.39 is 0 Å². The lowest BCUT2D eigenvalue weighted by Gasteiger charge is -2.10. The molecule has 1 aliphatic rings. The van der Waals surface area contributed by atoms with Gasteiger partial charge in [-0.1, -0.05) is 36.4 Å². The number of hydrogen-bond acceptors (Lipinski definition) is 7. The van der Waals surface area contributed by atoms with Crippen molar-refractivity contribution in [3.8, 4) is 5.69 Å². The first-order valence-electron chi connectivity index (χ1n) is 10.5. The Bertz CT molecular complexity index is 1320. The highest BCUT2D eigenvalue weighted by atomic mass is 32.2. The number of aromatic nitrogens is 4. The Labute approximate surface area is 187 Å². The van der Waals surface area contributed by atoms with E-state index in [-0.39, 0.29) is 17.3 Å². The van der Waals surface area contributed by atoms with Gasteiger partial charge in [0, 0.05) is 4.88 Å². The normalized spacial score (nSPS) is 14.0. The maximum atomic E-state index is 13.8. The topological polar surface area (TPSA) is 78.5 Å². The van der Waals surface area contributed by atoms with Crippen molar-refractivity contribution in [2.45, 2.75) is 44.2 Å². The molecule has 3 heterocycles. The summed E-state index contributed by atoms with van der Waals surface area (Å²) < 4.78 is 8.64. The smallest absolute Gasteiger partial charge is 0.316 e. The predicted octanol–water partition coefficient (Wildman–Crippen LogP) is 4.02. The Morgan fingerprint density at radius 2 is 1.97 bits per heavy atom. The van der Waals surface area contributed by atoms with Gasteiger partial charge < -0.3 is 4.74 Å². The molecule has 0 atom stereocenters. The van der Waals surface area contributed by atoms with Gasteiger partial charge in [-0.05, 0) is 50.3 Å². The van der Waals surface area contributed by atoms with E-state index in [9.17, 15) is 9.59 Å². The van der Waals surface area contributed by atoms with Crippen molar-refractivity contribution in [3.05, 3.63) is 51.1 Å². The summed E-state index contributed by atoms with van der Waals surface area (Å²) in [5.74, 6) is 0.316. The number of hydrogen-bond donors (Lipinski definition) is 0. The van der Waals surface area contributed by atoms with E-state index in [0.29, 0.717) is 17.5 Å². The third kappa shape index (κ3) is 3.55. The van der Waals surface area contributed by atoms with Crippen molar-refractivity contribution >= 4 is 45.1 Å². The molecule has 0 bridgehead atoms. The SMILES string of the molecule is CCOC(=O)CSc1nnc2n(-c3ccccc3)c(=O)c3c4c(sc3n12)CCCCC4. The van der Waals surface area contributed by atoms with E-state index in [1.807, 2.05) is 34.7 Å². The molecule has 0 N–H and O–H groups in total. The number of nitrogens with zero attached hydrogens (tertiary/aromatic N) is 4. The van der Waals surface area contributed by atoms with Crippen LogP contribution < -0.4 is 5.56 Å². The fourth-order valence-corrected chi connectivity index (χ4v) is 6.29. The van der Waals surface area contributed by atoms with Gasteiger partial charge in [-0.3, -0.25) is 9.59 Å². The molecule has 0 saturated carbocycles. The summed E-state index contributed by atoms with van der Waals surface area (Å²) in [4.78, 5) is 27.8. The zero-order valence-electron chi connectivity index (χ0n) is 17.2. The first-order chi connectivity index (χ1) is 15.2. The lowest BCUT2D eigenvalue weighted by atomic mass is 10.1. The molecule has 5 rings (SSSR count). The molecule has 0 radical (unpaired) electrons. The van der Waals surface area contributed by atoms with E-state index in [1.165, 1.54) is 28.6 Å². The number of fused-ring (bicyclic) bond motifs is 5. The Morgan fingerprint density at radius 3 is 2.77 bits per heavy atom. The first-order valence-corrected chi connectivity index (χ1v) is 12.3. The Balaban J connectivity index is 1.78. The van der Waals surface area contributed by atoms with Crippen molar-refractivity contribution in [1.29, 1.82) is 0 Å². The van der Waals surface area contributed by atoms with Crippen molar-refractivity contribution in [2.24, 2.45) is 0 Å². The van der Waals surface area contributed by atoms with Crippen LogP contribution in [0.5, 0.6) is 0 Å². The van der Waals surface area contributed by atoms with Crippen molar-refractivity contribution in [1.82, 2.24) is 19.2 Å². The number of benzene rings is 1. The van der Waals surface area contributed by atoms with Gasteiger partial charge >= 0.3 is 5.97 Å². The molecule has 160 valence electrons. The number of ether oxygens (including phenoxy) is 1. The molecule has 3 aromatic heterocycles. The average Bonchev–Trinajstić information content (AvgIpc) is 3.27. The second-order valence-electron chi connectivity index (χ2n) is 7.43. The van der Waals surface area contributed by atoms with Crippen LogP contribution in [0.3, 0.4) is 0 Å². The molecule has 0 aliphatic heterocycles. The highest BCUT2D eigenvalue weighted by Gasteiger charge is 2.25. The maximum Gasteiger partial charge on any atom is 0.316 e. The number of para-hydroxylation sites is 1. The summed E-state index contributed by atoms with van der Waals surface area (Å²) in [7, 11) is 0. The monoisotopic (exact) mass is 454 g/mol. The minimum Gasteiger partial charge on any atom is -0.465 e. The number of carbonyl (C=O) groups is 1. The molecular formula is C22H22N4O3S2. The maximum absolute atomic E-state index is 13.8. The number of thiophene rings is 1. The number of carbonyl (C=O) groups excluding carboxylic acids is 1. The highest BCUT2D eigenvalue weighted by Crippen LogP contribution is 2.36. The molecule has 0 saturated heterocycles. The van der Waals surface area contributed by atoms with E-state index >= 15 is 0 Å². The first kappa shape index (κ1) is 20.3. The lowest BCUT2D eigenvalue weighted by Crippen LogP contribution is -2.22. The Kier molecular flexibility index (Phi) is 5.54. The molecule has 1 aromatic carbocycles. The second kappa shape index (κ2) is 8.47. The van der Waals surface area contributed by atoms with Crippen molar-refractivity contribution in [2.75, 3.05) is 12.4 Å². The highest BCUT2D eigenvalue weighted by molar-refractivity contribution is 7.99. The van der Waals surface area contributed by atoms with E-state index in [2.05, 4.69) is 10.2 Å². The molecule has 7 nitrogen and oxygen atoms in total. The van der Waals surface area contributed by atoms with Crippen LogP contribution in [0.2, 0.25) is 0 Å². The van der Waals surface area contributed by atoms with Crippen LogP contribution in [0.4, 0.5) is 0 Å². The zero-order valence-corrected chi connectivity index (χ0v) is 18.8. The summed E-state index contributed by atoms with van der Waals surface area (Å²) in [5.41, 5.74) is 1.87. The van der Waals surface area contributed by atoms with Crippen molar-refractivity contribution < 1.29 is 9.53 Å². The van der Waals surface area contributed by atoms with Gasteiger partial charge in [-0.25, -0.2) is 8.97 Å². The van der Waals surface area contributed by atoms with Gasteiger partial charge in [0.1, 0.15) is 4.83 Å². The summed E-state index contributed by atoms with van der Waals surface area (Å²) in [6.07, 6.45) is 5.33. The standard InChI is InChI=1S/C22H22N4O3S2/c1-2-29-17(27)13-30-22-24-23-21-25(14-9-5-3-6-10-14)19(28)18-15-11-7-4-8-12-16(15)31-20(18)26(21)22/h3,5-6,9-10H,2,4,7-8,11-13H2,1H3. The summed E-state index contributed by atoms with van der Waals surface area (Å²) >= 11 is 2.95. The lowest BCUT2D eigenvalue weighted by molar-refractivity contribution is -0.139. The largest absolute Gasteiger partial charge is 0.465 e. The summed E-state index contributed by atoms with van der Waals surface area (Å²) in [6, 6.07) is 9.54. The van der Waals surface area contributed by atoms with Crippen LogP contribution in [0.25, 0.3) is 21.7 Å². The van der Waals surface area contributed by atoms with Crippen molar-refractivity contribution in [3.63, 3.8) is 0 Å². The fraction of sp³-hybridized carbons (Fsp3) is 0.364. The van der Waals surface area contributed by atoms with Crippen LogP contribution in [0, 0.1) is 0 Å². The number of aryl methyl sites for hydroxylation is 2. The molecule has 0 fully saturated rings. The molecule has 9 heteroatoms. The van der Waals surface area contributed by atoms with Gasteiger partial charge in [-0.2, -0.15) is 0 Å². The van der Waals surface area contributed by atoms with Gasteiger partial charge in [-0.15, -0.1) is 21.5 Å². The molecule has 0 spiro atoms. The van der Waals surface area contributed by atoms with Gasteiger partial charge in [0.2, 0.25) is 5.78 Å². The van der Waals surface area contributed by atoms with Gasteiger partial charge in [0.25, 0.3) is 5.56 Å². The third-order valence-corrected chi connectivity index (χ3v) is 7.66.